The molecule has 0 unspecified atom stereocenters. The zero-order valence-electron chi connectivity index (χ0n) is 16.0. The highest BCUT2D eigenvalue weighted by atomic mass is 32.1. The Kier molecular flexibility index (Phi) is 4.51. The van der Waals surface area contributed by atoms with Gasteiger partial charge in [-0.1, -0.05) is 18.2 Å². The topological polar surface area (TPSA) is 75.7 Å². The number of alkyl halides is 3. The van der Waals surface area contributed by atoms with Crippen LogP contribution in [0.4, 0.5) is 24.8 Å². The van der Waals surface area contributed by atoms with Crippen LogP contribution in [0.25, 0.3) is 22.1 Å². The number of aryl methyl sites for hydroxylation is 1. The molecule has 0 aliphatic rings. The zero-order chi connectivity index (χ0) is 21.6. The van der Waals surface area contributed by atoms with E-state index in [2.05, 4.69) is 24.0 Å². The maximum atomic E-state index is 13.1. The first-order chi connectivity index (χ1) is 14.9. The first kappa shape index (κ1) is 19.3. The van der Waals surface area contributed by atoms with Crippen molar-refractivity contribution in [1.29, 1.82) is 0 Å². The number of H-pyrrole nitrogens is 1. The van der Waals surface area contributed by atoms with E-state index in [9.17, 15) is 13.2 Å². The number of benzene rings is 3. The van der Waals surface area contributed by atoms with Crippen LogP contribution in [0.3, 0.4) is 0 Å². The number of nitrogens with one attached hydrogen (secondary N) is 2. The Morgan fingerprint density at radius 2 is 1.77 bits per heavy atom. The first-order valence-electron chi connectivity index (χ1n) is 9.21. The monoisotopic (exact) mass is 441 g/mol. The molecule has 3 aromatic carbocycles. The molecule has 31 heavy (non-hydrogen) atoms. The maximum Gasteiger partial charge on any atom is 0.416 e. The minimum absolute atomic E-state index is 0.298. The van der Waals surface area contributed by atoms with Crippen LogP contribution >= 0.6 is 11.7 Å². The fraction of sp³-hybridized carbons (Fsp3) is 0.0952. The number of hydrogen-bond donors (Lipinski definition) is 2. The summed E-state index contributed by atoms with van der Waals surface area (Å²) < 4.78 is 53.9. The van der Waals surface area contributed by atoms with Crippen LogP contribution in [0, 0.1) is 6.92 Å². The lowest BCUT2D eigenvalue weighted by Crippen LogP contribution is -2.05. The van der Waals surface area contributed by atoms with Crippen molar-refractivity contribution < 1.29 is 17.9 Å². The molecule has 156 valence electrons. The predicted octanol–water partition coefficient (Wildman–Crippen LogP) is 6.43. The minimum Gasteiger partial charge on any atom is -0.453 e. The summed E-state index contributed by atoms with van der Waals surface area (Å²) >= 11 is 1.10. The Morgan fingerprint density at radius 1 is 0.968 bits per heavy atom. The Morgan fingerprint density at radius 3 is 2.61 bits per heavy atom. The Hall–Kier alpha value is -3.66. The van der Waals surface area contributed by atoms with Crippen molar-refractivity contribution in [1.82, 2.24) is 18.7 Å². The first-order valence-corrected chi connectivity index (χ1v) is 9.94. The molecule has 2 aromatic heterocycles. The fourth-order valence-corrected chi connectivity index (χ4v) is 3.82. The Balaban J connectivity index is 1.49. The largest absolute Gasteiger partial charge is 0.453 e. The number of imidazole rings is 1. The Labute approximate surface area is 178 Å². The van der Waals surface area contributed by atoms with E-state index in [1.165, 1.54) is 0 Å². The number of anilines is 2. The van der Waals surface area contributed by atoms with Gasteiger partial charge < -0.3 is 15.0 Å². The second-order valence-electron chi connectivity index (χ2n) is 6.88. The molecule has 0 aliphatic carbocycles. The van der Waals surface area contributed by atoms with Crippen molar-refractivity contribution in [2.45, 2.75) is 13.1 Å². The molecule has 0 saturated carbocycles. The second-order valence-corrected chi connectivity index (χ2v) is 7.41. The number of aromatic amines is 1. The molecule has 0 fully saturated rings. The SMILES string of the molecule is Cc1cc(C(F)(F)F)cc2[nH]c(Nc3ccccc3Oc3cccc4nsnc34)nc12. The fourth-order valence-electron chi connectivity index (χ4n) is 3.28. The van der Waals surface area contributed by atoms with Gasteiger partial charge in [-0.3, -0.25) is 0 Å². The minimum atomic E-state index is -4.43. The van der Waals surface area contributed by atoms with Crippen LogP contribution in [0.15, 0.2) is 54.6 Å². The standard InChI is InChI=1S/C21H14F3N5OS/c1-11-9-12(21(22,23)24)10-15-18(11)27-20(26-15)25-13-5-2-3-7-16(13)30-17-8-4-6-14-19(17)29-31-28-14/h2-10H,1H3,(H2,25,26,27). The van der Waals surface area contributed by atoms with Gasteiger partial charge in [-0.15, -0.1) is 0 Å². The van der Waals surface area contributed by atoms with Gasteiger partial charge in [-0.25, -0.2) is 4.98 Å². The van der Waals surface area contributed by atoms with E-state index >= 15 is 0 Å². The molecule has 0 amide bonds. The molecule has 5 aromatic rings. The van der Waals surface area contributed by atoms with Gasteiger partial charge >= 0.3 is 6.18 Å². The van der Waals surface area contributed by atoms with E-state index in [0.29, 0.717) is 45.2 Å². The summed E-state index contributed by atoms with van der Waals surface area (Å²) in [5.74, 6) is 1.37. The van der Waals surface area contributed by atoms with Crippen molar-refractivity contribution >= 4 is 45.4 Å². The quantitative estimate of drug-likeness (QED) is 0.336. The van der Waals surface area contributed by atoms with Crippen molar-refractivity contribution in [3.8, 4) is 11.5 Å². The van der Waals surface area contributed by atoms with Gasteiger partial charge in [0, 0.05) is 0 Å². The van der Waals surface area contributed by atoms with Crippen LogP contribution in [-0.2, 0) is 6.18 Å². The van der Waals surface area contributed by atoms with Crippen molar-refractivity contribution in [2.24, 2.45) is 0 Å². The molecule has 6 nitrogen and oxygen atoms in total. The summed E-state index contributed by atoms with van der Waals surface area (Å²) in [5.41, 5.74) is 2.46. The molecule has 0 radical (unpaired) electrons. The normalized spacial score (nSPS) is 11.9. The van der Waals surface area contributed by atoms with Gasteiger partial charge in [-0.05, 0) is 48.9 Å². The number of ether oxygens (including phenoxy) is 1. The highest BCUT2D eigenvalue weighted by Crippen LogP contribution is 2.36. The third-order valence-corrected chi connectivity index (χ3v) is 5.26. The van der Waals surface area contributed by atoms with Gasteiger partial charge in [0.05, 0.1) is 34.0 Å². The molecule has 0 spiro atoms. The van der Waals surface area contributed by atoms with E-state index in [1.54, 1.807) is 25.1 Å². The summed E-state index contributed by atoms with van der Waals surface area (Å²) in [6.45, 7) is 1.60. The third kappa shape index (κ3) is 3.66. The summed E-state index contributed by atoms with van der Waals surface area (Å²) in [6.07, 6.45) is -4.43. The van der Waals surface area contributed by atoms with Crippen molar-refractivity contribution in [2.75, 3.05) is 5.32 Å². The number of nitrogens with zero attached hydrogens (tertiary/aromatic N) is 3. The zero-order valence-corrected chi connectivity index (χ0v) is 16.8. The lowest BCUT2D eigenvalue weighted by molar-refractivity contribution is -0.137. The highest BCUT2D eigenvalue weighted by Gasteiger charge is 2.31. The number of rotatable bonds is 4. The summed E-state index contributed by atoms with van der Waals surface area (Å²) in [5, 5.41) is 3.10. The van der Waals surface area contributed by atoms with Gasteiger partial charge in [-0.2, -0.15) is 21.9 Å². The van der Waals surface area contributed by atoms with Crippen LogP contribution in [-0.4, -0.2) is 18.7 Å². The summed E-state index contributed by atoms with van der Waals surface area (Å²) in [6, 6.07) is 14.8. The van der Waals surface area contributed by atoms with E-state index in [1.807, 2.05) is 24.3 Å². The second kappa shape index (κ2) is 7.24. The molecule has 0 aliphatic heterocycles. The molecule has 5 rings (SSSR count). The van der Waals surface area contributed by atoms with E-state index in [-0.39, 0.29) is 0 Å². The average molecular weight is 441 g/mol. The number of para-hydroxylation sites is 2. The number of aromatic nitrogens is 4. The van der Waals surface area contributed by atoms with E-state index in [4.69, 9.17) is 4.74 Å². The number of hydrogen-bond acceptors (Lipinski definition) is 6. The van der Waals surface area contributed by atoms with Gasteiger partial charge in [0.15, 0.2) is 11.5 Å². The molecular formula is C21H14F3N5OS. The predicted molar refractivity (Wildman–Crippen MR) is 113 cm³/mol. The van der Waals surface area contributed by atoms with Crippen LogP contribution in [0.2, 0.25) is 0 Å². The molecule has 2 heterocycles. The number of fused-ring (bicyclic) bond motifs is 2. The van der Waals surface area contributed by atoms with Crippen LogP contribution in [0.5, 0.6) is 11.5 Å². The van der Waals surface area contributed by atoms with Crippen molar-refractivity contribution in [3.63, 3.8) is 0 Å². The summed E-state index contributed by atoms with van der Waals surface area (Å²) in [4.78, 5) is 7.33. The lowest BCUT2D eigenvalue weighted by atomic mass is 10.1. The maximum absolute atomic E-state index is 13.1. The van der Waals surface area contributed by atoms with Crippen LogP contribution in [0.1, 0.15) is 11.1 Å². The highest BCUT2D eigenvalue weighted by molar-refractivity contribution is 7.00. The van der Waals surface area contributed by atoms with E-state index < -0.39 is 11.7 Å². The average Bonchev–Trinajstić information content (AvgIpc) is 3.36. The smallest absolute Gasteiger partial charge is 0.416 e. The Bertz CT molecular complexity index is 1410. The van der Waals surface area contributed by atoms with Gasteiger partial charge in [0.2, 0.25) is 5.95 Å². The lowest BCUT2D eigenvalue weighted by Gasteiger charge is -2.11. The molecule has 0 bridgehead atoms. The van der Waals surface area contributed by atoms with Crippen LogP contribution < -0.4 is 10.1 Å². The van der Waals surface area contributed by atoms with Gasteiger partial charge in [0.1, 0.15) is 11.0 Å². The van der Waals surface area contributed by atoms with Crippen molar-refractivity contribution in [3.05, 3.63) is 65.7 Å². The molecule has 0 saturated heterocycles. The molecule has 10 heteroatoms. The number of halogens is 3. The molecular weight excluding hydrogens is 427 g/mol. The molecule has 0 atom stereocenters. The van der Waals surface area contributed by atoms with Gasteiger partial charge in [0.25, 0.3) is 0 Å². The molecule has 2 N–H and O–H groups in total. The van der Waals surface area contributed by atoms with E-state index in [0.717, 1.165) is 29.4 Å². The summed E-state index contributed by atoms with van der Waals surface area (Å²) in [7, 11) is 0. The third-order valence-electron chi connectivity index (χ3n) is 4.71.